The number of rotatable bonds is 1. The minimum absolute atomic E-state index is 0.242. The summed E-state index contributed by atoms with van der Waals surface area (Å²) in [5, 5.41) is -0.294. The number of hydrogen-bond acceptors (Lipinski definition) is 2. The lowest BCUT2D eigenvalue weighted by Crippen LogP contribution is -2.27. The van der Waals surface area contributed by atoms with E-state index in [-0.39, 0.29) is 11.2 Å². The summed E-state index contributed by atoms with van der Waals surface area (Å²) in [6.07, 6.45) is 3.88. The van der Waals surface area contributed by atoms with Gasteiger partial charge in [-0.3, -0.25) is 0 Å². The second-order valence-corrected chi connectivity index (χ2v) is 6.12. The van der Waals surface area contributed by atoms with E-state index in [4.69, 9.17) is 10.7 Å². The van der Waals surface area contributed by atoms with E-state index < -0.39 is 9.05 Å². The summed E-state index contributed by atoms with van der Waals surface area (Å²) < 4.78 is 21.9. The smallest absolute Gasteiger partial charge is 0.212 e. The molecule has 2 unspecified atom stereocenters. The first-order valence-corrected chi connectivity index (χ1v) is 6.32. The second kappa shape index (κ2) is 3.31. The van der Waals surface area contributed by atoms with E-state index in [0.29, 0.717) is 0 Å². The highest BCUT2D eigenvalue weighted by atomic mass is 35.7. The Morgan fingerprint density at radius 3 is 2.18 bits per heavy atom. The lowest BCUT2D eigenvalue weighted by atomic mass is 9.90. The highest BCUT2D eigenvalue weighted by molar-refractivity contribution is 8.14. The normalized spacial score (nSPS) is 33.6. The van der Waals surface area contributed by atoms with Gasteiger partial charge in [-0.15, -0.1) is 0 Å². The van der Waals surface area contributed by atoms with Crippen molar-refractivity contribution in [2.45, 2.75) is 37.9 Å². The Balaban J connectivity index is 2.70. The lowest BCUT2D eigenvalue weighted by molar-refractivity contribution is 0.384. The maximum absolute atomic E-state index is 11.0. The third-order valence-corrected chi connectivity index (χ3v) is 4.50. The van der Waals surface area contributed by atoms with Crippen LogP contribution < -0.4 is 0 Å². The molecule has 66 valence electrons. The summed E-state index contributed by atoms with van der Waals surface area (Å²) in [4.78, 5) is 0. The summed E-state index contributed by atoms with van der Waals surface area (Å²) in [6, 6.07) is 0. The van der Waals surface area contributed by atoms with Crippen molar-refractivity contribution in [2.24, 2.45) is 5.92 Å². The van der Waals surface area contributed by atoms with Crippen LogP contribution in [0.3, 0.4) is 0 Å². The molecule has 0 amide bonds. The SMILES string of the molecule is CC1CCCCC1S(=O)(=O)Cl. The molecule has 0 radical (unpaired) electrons. The van der Waals surface area contributed by atoms with E-state index in [1.165, 1.54) is 0 Å². The first kappa shape index (κ1) is 9.33. The molecular formula is C7H13ClO2S. The molecule has 11 heavy (non-hydrogen) atoms. The molecular weight excluding hydrogens is 184 g/mol. The first-order valence-electron chi connectivity index (χ1n) is 3.95. The molecule has 1 rings (SSSR count). The van der Waals surface area contributed by atoms with E-state index in [2.05, 4.69) is 0 Å². The molecule has 0 aromatic heterocycles. The van der Waals surface area contributed by atoms with Gasteiger partial charge in [-0.1, -0.05) is 19.8 Å². The van der Waals surface area contributed by atoms with Gasteiger partial charge in [-0.25, -0.2) is 8.42 Å². The molecule has 0 bridgehead atoms. The molecule has 1 aliphatic rings. The van der Waals surface area contributed by atoms with Crippen molar-refractivity contribution in [3.8, 4) is 0 Å². The Labute approximate surface area is 72.4 Å². The maximum atomic E-state index is 11.0. The van der Waals surface area contributed by atoms with Gasteiger partial charge in [-0.2, -0.15) is 0 Å². The Kier molecular flexibility index (Phi) is 2.81. The highest BCUT2D eigenvalue weighted by Crippen LogP contribution is 2.30. The van der Waals surface area contributed by atoms with Gasteiger partial charge < -0.3 is 0 Å². The molecule has 2 atom stereocenters. The molecule has 4 heteroatoms. The predicted octanol–water partition coefficient (Wildman–Crippen LogP) is 2.13. The monoisotopic (exact) mass is 196 g/mol. The molecule has 1 saturated carbocycles. The average molecular weight is 197 g/mol. The van der Waals surface area contributed by atoms with Crippen molar-refractivity contribution in [1.82, 2.24) is 0 Å². The van der Waals surface area contributed by atoms with E-state index >= 15 is 0 Å². The van der Waals surface area contributed by atoms with Crippen LogP contribution in [0, 0.1) is 5.92 Å². The summed E-state index contributed by atoms with van der Waals surface area (Å²) in [5.41, 5.74) is 0. The van der Waals surface area contributed by atoms with Gasteiger partial charge in [0, 0.05) is 10.7 Å². The van der Waals surface area contributed by atoms with Crippen LogP contribution in [0.5, 0.6) is 0 Å². The summed E-state index contributed by atoms with van der Waals surface area (Å²) in [6.45, 7) is 1.96. The van der Waals surface area contributed by atoms with Crippen LogP contribution in [0.1, 0.15) is 32.6 Å². The van der Waals surface area contributed by atoms with Gasteiger partial charge in [0.2, 0.25) is 9.05 Å². The fourth-order valence-corrected chi connectivity index (χ4v) is 3.63. The van der Waals surface area contributed by atoms with Gasteiger partial charge in [0.25, 0.3) is 0 Å². The van der Waals surface area contributed by atoms with E-state index in [0.717, 1.165) is 25.7 Å². The van der Waals surface area contributed by atoms with Crippen molar-refractivity contribution < 1.29 is 8.42 Å². The second-order valence-electron chi connectivity index (χ2n) is 3.28. The summed E-state index contributed by atoms with van der Waals surface area (Å²) in [7, 11) is 1.98. The molecule has 0 aromatic carbocycles. The molecule has 0 aromatic rings. The molecule has 0 heterocycles. The first-order chi connectivity index (χ1) is 5.02. The van der Waals surface area contributed by atoms with Crippen molar-refractivity contribution in [2.75, 3.05) is 0 Å². The largest absolute Gasteiger partial charge is 0.235 e. The van der Waals surface area contributed by atoms with Gasteiger partial charge in [0.1, 0.15) is 0 Å². The number of halogens is 1. The van der Waals surface area contributed by atoms with Crippen LogP contribution in [0.25, 0.3) is 0 Å². The Hall–Kier alpha value is 0.240. The molecule has 0 saturated heterocycles. The van der Waals surface area contributed by atoms with Crippen molar-refractivity contribution >= 4 is 19.7 Å². The zero-order valence-electron chi connectivity index (χ0n) is 6.59. The standard InChI is InChI=1S/C7H13ClO2S/c1-6-4-2-3-5-7(6)11(8,9)10/h6-7H,2-5H2,1H3. The molecule has 1 fully saturated rings. The third kappa shape index (κ3) is 2.34. The zero-order chi connectivity index (χ0) is 8.48. The summed E-state index contributed by atoms with van der Waals surface area (Å²) >= 11 is 0. The van der Waals surface area contributed by atoms with Crippen LogP contribution in [-0.2, 0) is 9.05 Å². The molecule has 2 nitrogen and oxygen atoms in total. The molecule has 0 N–H and O–H groups in total. The number of hydrogen-bond donors (Lipinski definition) is 0. The zero-order valence-corrected chi connectivity index (χ0v) is 8.16. The van der Waals surface area contributed by atoms with Crippen molar-refractivity contribution in [3.63, 3.8) is 0 Å². The van der Waals surface area contributed by atoms with Crippen LogP contribution in [0.4, 0.5) is 0 Å². The van der Waals surface area contributed by atoms with Crippen LogP contribution in [0.15, 0.2) is 0 Å². The van der Waals surface area contributed by atoms with E-state index in [1.807, 2.05) is 6.92 Å². The fourth-order valence-electron chi connectivity index (χ4n) is 1.70. The van der Waals surface area contributed by atoms with E-state index in [9.17, 15) is 8.42 Å². The highest BCUT2D eigenvalue weighted by Gasteiger charge is 2.30. The molecule has 1 aliphatic carbocycles. The lowest BCUT2D eigenvalue weighted by Gasteiger charge is -2.25. The average Bonchev–Trinajstić information content (AvgIpc) is 1.86. The third-order valence-electron chi connectivity index (χ3n) is 2.39. The molecule has 0 spiro atoms. The topological polar surface area (TPSA) is 34.1 Å². The van der Waals surface area contributed by atoms with E-state index in [1.54, 1.807) is 0 Å². The fraction of sp³-hybridized carbons (Fsp3) is 1.00. The van der Waals surface area contributed by atoms with Gasteiger partial charge in [-0.05, 0) is 18.8 Å². The Bertz CT molecular complexity index is 223. The predicted molar refractivity (Wildman–Crippen MR) is 46.2 cm³/mol. The minimum Gasteiger partial charge on any atom is -0.212 e. The van der Waals surface area contributed by atoms with Crippen molar-refractivity contribution in [3.05, 3.63) is 0 Å². The Morgan fingerprint density at radius 2 is 1.82 bits per heavy atom. The maximum Gasteiger partial charge on any atom is 0.235 e. The molecule has 0 aliphatic heterocycles. The minimum atomic E-state index is -3.30. The van der Waals surface area contributed by atoms with Crippen LogP contribution in [-0.4, -0.2) is 13.7 Å². The van der Waals surface area contributed by atoms with Gasteiger partial charge >= 0.3 is 0 Å². The van der Waals surface area contributed by atoms with Gasteiger partial charge in [0.05, 0.1) is 5.25 Å². The van der Waals surface area contributed by atoms with Gasteiger partial charge in [0.15, 0.2) is 0 Å². The van der Waals surface area contributed by atoms with Crippen LogP contribution >= 0.6 is 10.7 Å². The quantitative estimate of drug-likeness (QED) is 0.603. The summed E-state index contributed by atoms with van der Waals surface area (Å²) in [5.74, 6) is 0.242. The van der Waals surface area contributed by atoms with Crippen molar-refractivity contribution in [1.29, 1.82) is 0 Å². The van der Waals surface area contributed by atoms with Crippen LogP contribution in [0.2, 0.25) is 0 Å². The Morgan fingerprint density at radius 1 is 1.27 bits per heavy atom.